The topological polar surface area (TPSA) is 60.8 Å². The Labute approximate surface area is 131 Å². The van der Waals surface area contributed by atoms with Crippen LogP contribution in [-0.2, 0) is 0 Å². The molecule has 0 heterocycles. The van der Waals surface area contributed by atoms with Gasteiger partial charge in [0.1, 0.15) is 0 Å². The quantitative estimate of drug-likeness (QED) is 0.787. The summed E-state index contributed by atoms with van der Waals surface area (Å²) in [4.78, 5) is 14.4. The Hall–Kier alpha value is -1.04. The molecule has 0 unspecified atom stereocenters. The van der Waals surface area contributed by atoms with Crippen molar-refractivity contribution < 1.29 is 14.8 Å². The molecule has 4 nitrogen and oxygen atoms in total. The van der Waals surface area contributed by atoms with E-state index in [4.69, 9.17) is 21.6 Å². The van der Waals surface area contributed by atoms with Crippen LogP contribution >= 0.6 is 11.6 Å². The molecular formula is C15H23BClNO3. The fourth-order valence-corrected chi connectivity index (χ4v) is 2.45. The summed E-state index contributed by atoms with van der Waals surface area (Å²) >= 11 is 5.99. The number of rotatable bonds is 6. The summed E-state index contributed by atoms with van der Waals surface area (Å²) < 4.78 is 0. The first-order chi connectivity index (χ1) is 9.72. The van der Waals surface area contributed by atoms with Gasteiger partial charge in [0.15, 0.2) is 0 Å². The Bertz CT molecular complexity index is 482. The highest BCUT2D eigenvalue weighted by atomic mass is 35.5. The molecule has 0 spiro atoms. The summed E-state index contributed by atoms with van der Waals surface area (Å²) in [7, 11) is -1.64. The minimum Gasteiger partial charge on any atom is -0.423 e. The molecule has 116 valence electrons. The van der Waals surface area contributed by atoms with Crippen LogP contribution in [0.25, 0.3) is 0 Å². The molecule has 0 aliphatic heterocycles. The predicted molar refractivity (Wildman–Crippen MR) is 86.9 cm³/mol. The Balaban J connectivity index is 3.00. The van der Waals surface area contributed by atoms with Gasteiger partial charge < -0.3 is 14.9 Å². The normalized spacial score (nSPS) is 11.1. The summed E-state index contributed by atoms with van der Waals surface area (Å²) in [6.45, 7) is 9.63. The van der Waals surface area contributed by atoms with E-state index in [0.717, 1.165) is 0 Å². The molecule has 0 saturated carbocycles. The number of amides is 1. The van der Waals surface area contributed by atoms with Gasteiger partial charge in [-0.15, -0.1) is 0 Å². The number of halogens is 1. The molecule has 0 saturated heterocycles. The van der Waals surface area contributed by atoms with Crippen LogP contribution in [0.15, 0.2) is 18.2 Å². The lowest BCUT2D eigenvalue weighted by atomic mass is 9.80. The summed E-state index contributed by atoms with van der Waals surface area (Å²) in [5.41, 5.74) is 0.665. The van der Waals surface area contributed by atoms with E-state index in [0.29, 0.717) is 30.5 Å². The van der Waals surface area contributed by atoms with Gasteiger partial charge in [-0.2, -0.15) is 0 Å². The maximum Gasteiger partial charge on any atom is 0.489 e. The number of carbonyl (C=O) groups excluding carboxylic acids is 1. The average molecular weight is 312 g/mol. The average Bonchev–Trinajstić information content (AvgIpc) is 2.35. The molecule has 2 N–H and O–H groups in total. The monoisotopic (exact) mass is 311 g/mol. The van der Waals surface area contributed by atoms with Crippen LogP contribution in [0.4, 0.5) is 0 Å². The molecule has 0 fully saturated rings. The van der Waals surface area contributed by atoms with Gasteiger partial charge in [-0.1, -0.05) is 45.4 Å². The van der Waals surface area contributed by atoms with E-state index in [9.17, 15) is 4.79 Å². The van der Waals surface area contributed by atoms with Crippen LogP contribution in [0.5, 0.6) is 0 Å². The molecule has 0 aliphatic carbocycles. The Morgan fingerprint density at radius 3 is 2.10 bits per heavy atom. The molecule has 0 aromatic heterocycles. The Kier molecular flexibility index (Phi) is 6.71. The van der Waals surface area contributed by atoms with Crippen molar-refractivity contribution in [2.45, 2.75) is 27.7 Å². The molecule has 0 atom stereocenters. The lowest BCUT2D eigenvalue weighted by Crippen LogP contribution is -2.37. The first kappa shape index (κ1) is 18.0. The van der Waals surface area contributed by atoms with Crippen LogP contribution in [0.1, 0.15) is 38.1 Å². The van der Waals surface area contributed by atoms with E-state index in [2.05, 4.69) is 27.7 Å². The molecule has 0 bridgehead atoms. The highest BCUT2D eigenvalue weighted by Gasteiger charge is 2.21. The van der Waals surface area contributed by atoms with Crippen LogP contribution in [0.2, 0.25) is 5.02 Å². The number of benzene rings is 1. The van der Waals surface area contributed by atoms with E-state index in [1.165, 1.54) is 12.1 Å². The molecule has 0 radical (unpaired) electrons. The number of hydrogen-bond acceptors (Lipinski definition) is 3. The third-order valence-corrected chi connectivity index (χ3v) is 3.31. The van der Waals surface area contributed by atoms with Crippen molar-refractivity contribution >= 4 is 30.1 Å². The van der Waals surface area contributed by atoms with Crippen molar-refractivity contribution in [3.63, 3.8) is 0 Å². The third-order valence-electron chi connectivity index (χ3n) is 2.98. The fourth-order valence-electron chi connectivity index (χ4n) is 2.17. The zero-order valence-corrected chi connectivity index (χ0v) is 13.8. The second-order valence-electron chi connectivity index (χ2n) is 6.11. The van der Waals surface area contributed by atoms with Crippen molar-refractivity contribution in [2.75, 3.05) is 13.1 Å². The predicted octanol–water partition coefficient (Wildman–Crippen LogP) is 1.77. The lowest BCUT2D eigenvalue weighted by molar-refractivity contribution is 0.0715. The van der Waals surface area contributed by atoms with Gasteiger partial charge in [0, 0.05) is 29.1 Å². The van der Waals surface area contributed by atoms with Crippen molar-refractivity contribution in [3.8, 4) is 0 Å². The second-order valence-corrected chi connectivity index (χ2v) is 6.51. The van der Waals surface area contributed by atoms with Gasteiger partial charge >= 0.3 is 7.12 Å². The molecule has 1 rings (SSSR count). The highest BCUT2D eigenvalue weighted by Crippen LogP contribution is 2.14. The largest absolute Gasteiger partial charge is 0.489 e. The molecule has 0 aliphatic rings. The Morgan fingerprint density at radius 1 is 1.19 bits per heavy atom. The summed E-state index contributed by atoms with van der Waals surface area (Å²) in [6, 6.07) is 4.55. The van der Waals surface area contributed by atoms with Crippen LogP contribution in [0.3, 0.4) is 0 Å². The smallest absolute Gasteiger partial charge is 0.423 e. The van der Waals surface area contributed by atoms with Crippen molar-refractivity contribution in [1.82, 2.24) is 4.90 Å². The molecule has 1 aromatic rings. The van der Waals surface area contributed by atoms with E-state index in [-0.39, 0.29) is 16.4 Å². The third kappa shape index (κ3) is 5.34. The molecule has 21 heavy (non-hydrogen) atoms. The highest BCUT2D eigenvalue weighted by molar-refractivity contribution is 6.62. The van der Waals surface area contributed by atoms with Gasteiger partial charge in [0.25, 0.3) is 5.91 Å². The van der Waals surface area contributed by atoms with Gasteiger partial charge in [-0.3, -0.25) is 4.79 Å². The standard InChI is InChI=1S/C15H23BClNO3/c1-10(2)8-18(9-11(3)4)15(19)12-5-6-13(16(20)21)14(17)7-12/h5-7,10-11,20-21H,8-9H2,1-4H3. The van der Waals surface area contributed by atoms with E-state index in [1.54, 1.807) is 6.07 Å². The minimum absolute atomic E-state index is 0.0849. The molecule has 1 amide bonds. The summed E-state index contributed by atoms with van der Waals surface area (Å²) in [6.07, 6.45) is 0. The second kappa shape index (κ2) is 7.83. The zero-order valence-electron chi connectivity index (χ0n) is 13.0. The molecular weight excluding hydrogens is 288 g/mol. The van der Waals surface area contributed by atoms with Gasteiger partial charge in [-0.25, -0.2) is 0 Å². The summed E-state index contributed by atoms with van der Waals surface area (Å²) in [5, 5.41) is 18.5. The van der Waals surface area contributed by atoms with E-state index < -0.39 is 7.12 Å². The number of carbonyl (C=O) groups is 1. The van der Waals surface area contributed by atoms with Crippen LogP contribution in [-0.4, -0.2) is 41.1 Å². The first-order valence-corrected chi connectivity index (χ1v) is 7.55. The van der Waals surface area contributed by atoms with Crippen LogP contribution < -0.4 is 5.46 Å². The zero-order chi connectivity index (χ0) is 16.2. The summed E-state index contributed by atoms with van der Waals surface area (Å²) in [5.74, 6) is 0.668. The Morgan fingerprint density at radius 2 is 1.71 bits per heavy atom. The number of nitrogens with zero attached hydrogens (tertiary/aromatic N) is 1. The lowest BCUT2D eigenvalue weighted by Gasteiger charge is -2.26. The van der Waals surface area contributed by atoms with Gasteiger partial charge in [0.2, 0.25) is 0 Å². The molecule has 1 aromatic carbocycles. The molecule has 6 heteroatoms. The maximum absolute atomic E-state index is 12.6. The van der Waals surface area contributed by atoms with E-state index >= 15 is 0 Å². The van der Waals surface area contributed by atoms with Crippen molar-refractivity contribution in [3.05, 3.63) is 28.8 Å². The van der Waals surface area contributed by atoms with E-state index in [1.807, 2.05) is 4.90 Å². The number of hydrogen-bond donors (Lipinski definition) is 2. The van der Waals surface area contributed by atoms with Gasteiger partial charge in [0.05, 0.1) is 0 Å². The van der Waals surface area contributed by atoms with Crippen molar-refractivity contribution in [1.29, 1.82) is 0 Å². The van der Waals surface area contributed by atoms with Gasteiger partial charge in [-0.05, 0) is 24.0 Å². The van der Waals surface area contributed by atoms with Crippen molar-refractivity contribution in [2.24, 2.45) is 11.8 Å². The SMILES string of the molecule is CC(C)CN(CC(C)C)C(=O)c1ccc(B(O)O)c(Cl)c1. The first-order valence-electron chi connectivity index (χ1n) is 7.17. The minimum atomic E-state index is -1.64. The fraction of sp³-hybridized carbons (Fsp3) is 0.533. The van der Waals surface area contributed by atoms with Crippen LogP contribution in [0, 0.1) is 11.8 Å². The maximum atomic E-state index is 12.6.